The highest BCUT2D eigenvalue weighted by Gasteiger charge is 2.26. The summed E-state index contributed by atoms with van der Waals surface area (Å²) in [4.78, 5) is 0. The van der Waals surface area contributed by atoms with Crippen LogP contribution in [0.15, 0.2) is 0 Å². The second kappa shape index (κ2) is 20.1. The van der Waals surface area contributed by atoms with Gasteiger partial charge in [0.25, 0.3) is 0 Å². The normalized spacial score (nSPS) is 13.7. The van der Waals surface area contributed by atoms with Crippen molar-refractivity contribution < 1.29 is 25.1 Å². The van der Waals surface area contributed by atoms with Crippen LogP contribution in [0.25, 0.3) is 0 Å². The summed E-state index contributed by atoms with van der Waals surface area (Å²) >= 11 is 0. The minimum atomic E-state index is -1.85. The molecule has 0 rings (SSSR count). The van der Waals surface area contributed by atoms with E-state index >= 15 is 0 Å². The molecule has 0 spiro atoms. The largest absolute Gasteiger partial charge is 0.293 e. The Morgan fingerprint density at radius 3 is 1.00 bits per heavy atom. The summed E-state index contributed by atoms with van der Waals surface area (Å²) in [7, 11) is 1.90. The Morgan fingerprint density at radius 1 is 0.483 bits per heavy atom. The molecule has 180 valence electrons. The molecule has 0 saturated heterocycles. The first kappa shape index (κ1) is 30.5. The summed E-state index contributed by atoms with van der Waals surface area (Å²) in [6, 6.07) is 0. The van der Waals surface area contributed by atoms with Gasteiger partial charge < -0.3 is 0 Å². The minimum Gasteiger partial charge on any atom is -0.293 e. The van der Waals surface area contributed by atoms with Crippen molar-refractivity contribution >= 4 is 53.2 Å². The van der Waals surface area contributed by atoms with Crippen molar-refractivity contribution in [2.24, 2.45) is 0 Å². The van der Waals surface area contributed by atoms with E-state index < -0.39 is 21.7 Å². The molecular weight excluding hydrogens is 473 g/mol. The van der Waals surface area contributed by atoms with Crippen molar-refractivity contribution in [3.63, 3.8) is 0 Å². The highest BCUT2D eigenvalue weighted by Crippen LogP contribution is 2.53. The van der Waals surface area contributed by atoms with Crippen LogP contribution in [0.2, 0.25) is 0 Å². The van der Waals surface area contributed by atoms with Gasteiger partial charge in [0, 0.05) is 23.0 Å². The molecule has 0 amide bonds. The van der Waals surface area contributed by atoms with E-state index in [-0.39, 0.29) is 0 Å². The molecule has 0 saturated carbocycles. The maximum Gasteiger partial charge on any atom is 0.0887 e. The molecule has 0 fully saturated rings. The number of rotatable bonds is 22. The van der Waals surface area contributed by atoms with E-state index in [0.717, 1.165) is 35.9 Å². The first-order valence-electron chi connectivity index (χ1n) is 10.5. The van der Waals surface area contributed by atoms with Crippen molar-refractivity contribution in [2.75, 3.05) is 62.7 Å². The Kier molecular flexibility index (Phi) is 21.2. The van der Waals surface area contributed by atoms with Crippen molar-refractivity contribution in [1.82, 2.24) is 0 Å². The molecule has 0 bridgehead atoms. The molecular formula is C18H42O6S5. The van der Waals surface area contributed by atoms with Gasteiger partial charge >= 0.3 is 0 Å². The lowest BCUT2D eigenvalue weighted by Gasteiger charge is -2.36. The molecule has 11 heteroatoms. The van der Waals surface area contributed by atoms with Crippen LogP contribution in [-0.4, -0.2) is 62.7 Å². The molecule has 0 heterocycles. The van der Waals surface area contributed by atoms with Gasteiger partial charge in [0.1, 0.15) is 0 Å². The fourth-order valence-corrected chi connectivity index (χ4v) is 10.8. The molecule has 0 atom stereocenters. The minimum absolute atomic E-state index is 0.613. The number of hydrogen-bond acceptors (Lipinski definition) is 9. The second-order valence-electron chi connectivity index (χ2n) is 5.38. The predicted octanol–water partition coefficient (Wildman–Crippen LogP) is 7.11. The number of hydrogen-bond donors (Lipinski definition) is 0. The van der Waals surface area contributed by atoms with Crippen LogP contribution >= 0.6 is 53.2 Å². The fraction of sp³-hybridized carbons (Fsp3) is 1.00. The summed E-state index contributed by atoms with van der Waals surface area (Å²) in [6.45, 7) is 15.6. The van der Waals surface area contributed by atoms with Gasteiger partial charge in [-0.3, -0.25) is 25.1 Å². The van der Waals surface area contributed by atoms with Crippen LogP contribution in [0.1, 0.15) is 54.4 Å². The zero-order chi connectivity index (χ0) is 21.8. The van der Waals surface area contributed by atoms with Gasteiger partial charge in [0.2, 0.25) is 0 Å². The summed E-state index contributed by atoms with van der Waals surface area (Å²) in [5.41, 5.74) is 0. The van der Waals surface area contributed by atoms with E-state index in [2.05, 4.69) is 0 Å². The van der Waals surface area contributed by atoms with Crippen LogP contribution < -0.4 is 0 Å². The topological polar surface area (TPSA) is 55.4 Å². The maximum absolute atomic E-state index is 5.85. The van der Waals surface area contributed by atoms with Crippen LogP contribution in [-0.2, 0) is 25.1 Å². The van der Waals surface area contributed by atoms with E-state index in [9.17, 15) is 0 Å². The van der Waals surface area contributed by atoms with E-state index in [0.29, 0.717) is 39.6 Å². The lowest BCUT2D eigenvalue weighted by Crippen LogP contribution is -2.17. The lowest BCUT2D eigenvalue weighted by molar-refractivity contribution is 0.184. The summed E-state index contributed by atoms with van der Waals surface area (Å²) < 4.78 is 35.1. The highest BCUT2D eigenvalue weighted by atomic mass is 33.5. The lowest BCUT2D eigenvalue weighted by atomic mass is 10.6. The van der Waals surface area contributed by atoms with Gasteiger partial charge in [-0.1, -0.05) is 21.6 Å². The Bertz CT molecular complexity index is 302. The molecule has 0 aliphatic rings. The zero-order valence-corrected chi connectivity index (χ0v) is 23.1. The van der Waals surface area contributed by atoms with Crippen LogP contribution in [0.4, 0.5) is 0 Å². The van der Waals surface area contributed by atoms with Gasteiger partial charge in [0.05, 0.1) is 61.4 Å². The summed E-state index contributed by atoms with van der Waals surface area (Å²) in [5, 5.41) is 0. The third-order valence-electron chi connectivity index (χ3n) is 3.12. The Hall–Kier alpha value is 1.51. The molecule has 0 aliphatic heterocycles. The van der Waals surface area contributed by atoms with Crippen molar-refractivity contribution in [1.29, 1.82) is 0 Å². The van der Waals surface area contributed by atoms with Crippen molar-refractivity contribution in [3.8, 4) is 0 Å². The SMILES string of the molecule is CCOS(CCCSSSCCCS(OCC)(OCC)OCC)(OCC)OCC. The molecule has 0 aliphatic carbocycles. The van der Waals surface area contributed by atoms with Gasteiger partial charge in [-0.25, -0.2) is 0 Å². The van der Waals surface area contributed by atoms with Gasteiger partial charge in [-0.05, 0) is 64.2 Å². The first-order valence-corrected chi connectivity index (χ1v) is 17.4. The average molecular weight is 515 g/mol. The molecule has 0 radical (unpaired) electrons. The zero-order valence-electron chi connectivity index (χ0n) is 19.0. The standard InChI is InChI=1S/C18H42O6S5/c1-7-19-28(20-8-2,21-9-3)17-13-15-25-27-26-16-14-18-29(22-10-4,23-11-5)24-12-6/h7-18H2,1-6H3. The molecule has 6 nitrogen and oxygen atoms in total. The fourth-order valence-electron chi connectivity index (χ4n) is 2.33. The van der Waals surface area contributed by atoms with E-state index in [1.165, 1.54) is 0 Å². The van der Waals surface area contributed by atoms with Crippen molar-refractivity contribution in [2.45, 2.75) is 54.4 Å². The monoisotopic (exact) mass is 514 g/mol. The average Bonchev–Trinajstić information content (AvgIpc) is 2.68. The Balaban J connectivity index is 4.05. The van der Waals surface area contributed by atoms with E-state index in [1.54, 1.807) is 0 Å². The Labute approximate surface area is 194 Å². The first-order chi connectivity index (χ1) is 14.1. The molecule has 29 heavy (non-hydrogen) atoms. The van der Waals surface area contributed by atoms with Gasteiger partial charge in [0.15, 0.2) is 0 Å². The molecule has 0 aromatic heterocycles. The quantitative estimate of drug-likeness (QED) is 0.111. The van der Waals surface area contributed by atoms with Crippen LogP contribution in [0, 0.1) is 0 Å². The summed E-state index contributed by atoms with van der Waals surface area (Å²) in [6.07, 6.45) is 2.03. The van der Waals surface area contributed by atoms with Crippen LogP contribution in [0.3, 0.4) is 0 Å². The van der Waals surface area contributed by atoms with E-state index in [1.807, 2.05) is 73.0 Å². The van der Waals surface area contributed by atoms with Crippen LogP contribution in [0.5, 0.6) is 0 Å². The predicted molar refractivity (Wildman–Crippen MR) is 136 cm³/mol. The van der Waals surface area contributed by atoms with Crippen molar-refractivity contribution in [3.05, 3.63) is 0 Å². The summed E-state index contributed by atoms with van der Waals surface area (Å²) in [5.74, 6) is 3.74. The molecule has 0 aromatic carbocycles. The van der Waals surface area contributed by atoms with Gasteiger partial charge in [-0.15, -0.1) is 0 Å². The van der Waals surface area contributed by atoms with Gasteiger partial charge in [-0.2, -0.15) is 0 Å². The second-order valence-corrected chi connectivity index (χ2v) is 14.3. The third-order valence-corrected chi connectivity index (χ3v) is 12.7. The molecule has 0 unspecified atom stereocenters. The smallest absolute Gasteiger partial charge is 0.0887 e. The third kappa shape index (κ3) is 14.3. The highest BCUT2D eigenvalue weighted by molar-refractivity contribution is 9.09. The molecule has 0 N–H and O–H groups in total. The molecule has 0 aromatic rings. The maximum atomic E-state index is 5.85. The van der Waals surface area contributed by atoms with E-state index in [4.69, 9.17) is 25.1 Å². The Morgan fingerprint density at radius 2 is 0.759 bits per heavy atom.